The molecular formula is C8H11N5O3S. The molecule has 2 aromatic rings. The van der Waals surface area contributed by atoms with Gasteiger partial charge in [0.1, 0.15) is 6.26 Å². The summed E-state index contributed by atoms with van der Waals surface area (Å²) >= 11 is 0. The van der Waals surface area contributed by atoms with Gasteiger partial charge in [-0.1, -0.05) is 5.16 Å². The normalized spacial score (nSPS) is 11.8. The highest BCUT2D eigenvalue weighted by Gasteiger charge is 2.22. The number of nitrogens with one attached hydrogen (secondary N) is 1. The number of sulfonamides is 1. The molecular weight excluding hydrogens is 246 g/mol. The Morgan fingerprint density at radius 2 is 2.35 bits per heavy atom. The maximum Gasteiger partial charge on any atom is 0.260 e. The monoisotopic (exact) mass is 257 g/mol. The first-order valence-corrected chi connectivity index (χ1v) is 6.15. The number of nitrogens with zero attached hydrogens (tertiary/aromatic N) is 3. The lowest BCUT2D eigenvalue weighted by molar-refractivity contribution is 0.411. The quantitative estimate of drug-likeness (QED) is 0.760. The molecule has 0 aliphatic heterocycles. The molecule has 0 atom stereocenters. The molecule has 9 heteroatoms. The fourth-order valence-corrected chi connectivity index (χ4v) is 2.56. The number of rotatable bonds is 4. The zero-order valence-electron chi connectivity index (χ0n) is 8.99. The Labute approximate surface area is 97.5 Å². The summed E-state index contributed by atoms with van der Waals surface area (Å²) in [6.45, 7) is 0.0312. The van der Waals surface area contributed by atoms with Gasteiger partial charge in [0.25, 0.3) is 10.0 Å². The third kappa shape index (κ3) is 2.29. The molecule has 2 aromatic heterocycles. The van der Waals surface area contributed by atoms with E-state index in [1.807, 2.05) is 0 Å². The van der Waals surface area contributed by atoms with E-state index in [1.54, 1.807) is 13.1 Å². The van der Waals surface area contributed by atoms with Crippen molar-refractivity contribution in [2.24, 2.45) is 7.05 Å². The molecule has 0 radical (unpaired) electrons. The van der Waals surface area contributed by atoms with Crippen LogP contribution < -0.4 is 10.5 Å². The van der Waals surface area contributed by atoms with E-state index in [0.717, 1.165) is 0 Å². The third-order valence-corrected chi connectivity index (χ3v) is 3.63. The second kappa shape index (κ2) is 4.18. The lowest BCUT2D eigenvalue weighted by atomic mass is 10.5. The molecule has 3 N–H and O–H groups in total. The van der Waals surface area contributed by atoms with Crippen LogP contribution in [0.1, 0.15) is 5.69 Å². The summed E-state index contributed by atoms with van der Waals surface area (Å²) in [6, 6.07) is 1.56. The van der Waals surface area contributed by atoms with Gasteiger partial charge in [-0.15, -0.1) is 0 Å². The highest BCUT2D eigenvalue weighted by Crippen LogP contribution is 2.15. The van der Waals surface area contributed by atoms with E-state index in [-0.39, 0.29) is 17.4 Å². The molecule has 0 amide bonds. The molecule has 0 spiro atoms. The first kappa shape index (κ1) is 11.6. The highest BCUT2D eigenvalue weighted by molar-refractivity contribution is 7.89. The summed E-state index contributed by atoms with van der Waals surface area (Å²) in [5.74, 6) is -0.0415. The van der Waals surface area contributed by atoms with Gasteiger partial charge in [0.15, 0.2) is 10.8 Å². The van der Waals surface area contributed by atoms with Gasteiger partial charge in [-0.2, -0.15) is 0 Å². The second-order valence-electron chi connectivity index (χ2n) is 3.36. The number of imidazole rings is 1. The fraction of sp³-hybridized carbons (Fsp3) is 0.250. The van der Waals surface area contributed by atoms with E-state index >= 15 is 0 Å². The first-order chi connectivity index (χ1) is 8.00. The topological polar surface area (TPSA) is 116 Å². The molecule has 0 fully saturated rings. The Balaban J connectivity index is 2.20. The summed E-state index contributed by atoms with van der Waals surface area (Å²) in [5.41, 5.74) is 5.97. The number of aryl methyl sites for hydroxylation is 1. The van der Waals surface area contributed by atoms with E-state index in [4.69, 9.17) is 5.73 Å². The highest BCUT2D eigenvalue weighted by atomic mass is 32.2. The maximum absolute atomic E-state index is 11.9. The van der Waals surface area contributed by atoms with Crippen LogP contribution in [-0.2, 0) is 23.6 Å². The van der Waals surface area contributed by atoms with Gasteiger partial charge >= 0.3 is 0 Å². The average molecular weight is 257 g/mol. The molecule has 0 aliphatic rings. The van der Waals surface area contributed by atoms with Crippen LogP contribution >= 0.6 is 0 Å². The molecule has 0 aliphatic carbocycles. The molecule has 17 heavy (non-hydrogen) atoms. The van der Waals surface area contributed by atoms with Crippen LogP contribution in [-0.4, -0.2) is 23.1 Å². The Kier molecular flexibility index (Phi) is 2.86. The fourth-order valence-electron chi connectivity index (χ4n) is 1.33. The van der Waals surface area contributed by atoms with Crippen molar-refractivity contribution in [3.63, 3.8) is 0 Å². The first-order valence-electron chi connectivity index (χ1n) is 4.66. The standard InChI is InChI=1S/C8H11N5O3S/c1-13-5-10-7(9)8(13)17(14,15)11-4-6-2-3-16-12-6/h2-3,5,11H,4,9H2,1H3. The SMILES string of the molecule is Cn1cnc(N)c1S(=O)(=O)NCc1ccon1. The zero-order chi connectivity index (χ0) is 12.5. The lowest BCUT2D eigenvalue weighted by Gasteiger charge is -2.06. The van der Waals surface area contributed by atoms with E-state index in [2.05, 4.69) is 19.4 Å². The molecule has 0 saturated carbocycles. The lowest BCUT2D eigenvalue weighted by Crippen LogP contribution is -2.26. The Bertz CT molecular complexity index is 582. The maximum atomic E-state index is 11.9. The molecule has 0 aromatic carbocycles. The molecule has 8 nitrogen and oxygen atoms in total. The molecule has 0 unspecified atom stereocenters. The predicted octanol–water partition coefficient (Wildman–Crippen LogP) is -0.531. The van der Waals surface area contributed by atoms with Gasteiger partial charge in [0.2, 0.25) is 0 Å². The number of anilines is 1. The number of hydrogen-bond donors (Lipinski definition) is 2. The minimum absolute atomic E-state index is 0.0312. The van der Waals surface area contributed by atoms with Crippen LogP contribution in [0.4, 0.5) is 5.82 Å². The van der Waals surface area contributed by atoms with Gasteiger partial charge in [0, 0.05) is 13.1 Å². The van der Waals surface area contributed by atoms with E-state index in [1.165, 1.54) is 17.2 Å². The van der Waals surface area contributed by atoms with Gasteiger partial charge < -0.3 is 14.8 Å². The van der Waals surface area contributed by atoms with Gasteiger partial charge in [0.05, 0.1) is 18.6 Å². The molecule has 0 saturated heterocycles. The van der Waals surface area contributed by atoms with Crippen LogP contribution in [0.25, 0.3) is 0 Å². The Morgan fingerprint density at radius 1 is 1.59 bits per heavy atom. The van der Waals surface area contributed by atoms with Crippen molar-refractivity contribution in [1.82, 2.24) is 19.4 Å². The molecule has 0 bridgehead atoms. The van der Waals surface area contributed by atoms with Crippen molar-refractivity contribution < 1.29 is 12.9 Å². The molecule has 92 valence electrons. The average Bonchev–Trinajstić information content (AvgIpc) is 2.86. The van der Waals surface area contributed by atoms with Crippen molar-refractivity contribution in [1.29, 1.82) is 0 Å². The summed E-state index contributed by atoms with van der Waals surface area (Å²) < 4.78 is 32.1. The molecule has 2 heterocycles. The second-order valence-corrected chi connectivity index (χ2v) is 5.04. The van der Waals surface area contributed by atoms with Crippen molar-refractivity contribution in [2.45, 2.75) is 11.6 Å². The number of nitrogen functional groups attached to an aromatic ring is 1. The Morgan fingerprint density at radius 3 is 2.88 bits per heavy atom. The Hall–Kier alpha value is -1.87. The van der Waals surface area contributed by atoms with E-state index < -0.39 is 10.0 Å². The van der Waals surface area contributed by atoms with Crippen molar-refractivity contribution >= 4 is 15.8 Å². The van der Waals surface area contributed by atoms with E-state index in [9.17, 15) is 8.42 Å². The largest absolute Gasteiger partial charge is 0.381 e. The number of nitrogens with two attached hydrogens (primary N) is 1. The minimum Gasteiger partial charge on any atom is -0.381 e. The van der Waals surface area contributed by atoms with Gasteiger partial charge in [-0.25, -0.2) is 18.1 Å². The van der Waals surface area contributed by atoms with E-state index in [0.29, 0.717) is 5.69 Å². The number of hydrogen-bond acceptors (Lipinski definition) is 6. The van der Waals surface area contributed by atoms with Crippen molar-refractivity contribution in [3.8, 4) is 0 Å². The van der Waals surface area contributed by atoms with Crippen LogP contribution in [0.2, 0.25) is 0 Å². The summed E-state index contributed by atoms with van der Waals surface area (Å²) in [7, 11) is -2.16. The van der Waals surface area contributed by atoms with Crippen molar-refractivity contribution in [3.05, 3.63) is 24.4 Å². The van der Waals surface area contributed by atoms with Crippen LogP contribution in [0.3, 0.4) is 0 Å². The van der Waals surface area contributed by atoms with Crippen LogP contribution in [0.15, 0.2) is 28.2 Å². The van der Waals surface area contributed by atoms with Crippen LogP contribution in [0, 0.1) is 0 Å². The molecule has 2 rings (SSSR count). The van der Waals surface area contributed by atoms with Gasteiger partial charge in [-0.3, -0.25) is 0 Å². The minimum atomic E-state index is -3.71. The predicted molar refractivity (Wildman–Crippen MR) is 58.1 cm³/mol. The summed E-state index contributed by atoms with van der Waals surface area (Å²) in [4.78, 5) is 3.71. The smallest absolute Gasteiger partial charge is 0.260 e. The third-order valence-electron chi connectivity index (χ3n) is 2.10. The summed E-state index contributed by atoms with van der Waals surface area (Å²) in [6.07, 6.45) is 2.70. The van der Waals surface area contributed by atoms with Gasteiger partial charge in [-0.05, 0) is 0 Å². The summed E-state index contributed by atoms with van der Waals surface area (Å²) in [5, 5.41) is 3.52. The zero-order valence-corrected chi connectivity index (χ0v) is 9.81. The van der Waals surface area contributed by atoms with Crippen LogP contribution in [0.5, 0.6) is 0 Å². The van der Waals surface area contributed by atoms with Crippen molar-refractivity contribution in [2.75, 3.05) is 5.73 Å². The number of aromatic nitrogens is 3.